The summed E-state index contributed by atoms with van der Waals surface area (Å²) in [5.74, 6) is -0.187. The molecule has 3 aromatic rings. The van der Waals surface area contributed by atoms with E-state index in [-0.39, 0.29) is 11.3 Å². The van der Waals surface area contributed by atoms with E-state index in [0.717, 1.165) is 5.69 Å². The number of hydrogen-bond donors (Lipinski definition) is 1. The minimum Gasteiger partial charge on any atom is -0.324 e. The van der Waals surface area contributed by atoms with E-state index < -0.39 is 6.04 Å². The van der Waals surface area contributed by atoms with Crippen molar-refractivity contribution in [1.29, 1.82) is 0 Å². The van der Waals surface area contributed by atoms with Gasteiger partial charge in [-0.15, -0.1) is 0 Å². The first-order valence-corrected chi connectivity index (χ1v) is 6.99. The van der Waals surface area contributed by atoms with E-state index in [1.165, 1.54) is 6.20 Å². The molecule has 0 bridgehead atoms. The van der Waals surface area contributed by atoms with Gasteiger partial charge in [0.05, 0.1) is 11.7 Å². The van der Waals surface area contributed by atoms with Gasteiger partial charge in [0.2, 0.25) is 11.3 Å². The summed E-state index contributed by atoms with van der Waals surface area (Å²) in [4.78, 5) is 24.2. The molecule has 0 fully saturated rings. The summed E-state index contributed by atoms with van der Waals surface area (Å²) in [7, 11) is 0. The van der Waals surface area contributed by atoms with Gasteiger partial charge in [-0.3, -0.25) is 14.3 Å². The van der Waals surface area contributed by atoms with Crippen molar-refractivity contribution in [3.05, 3.63) is 71.0 Å². The maximum absolute atomic E-state index is 12.4. The molecule has 5 heteroatoms. The van der Waals surface area contributed by atoms with Crippen molar-refractivity contribution in [1.82, 2.24) is 9.78 Å². The number of para-hydroxylation sites is 2. The lowest BCUT2D eigenvalue weighted by Crippen LogP contribution is -2.26. The lowest BCUT2D eigenvalue weighted by molar-refractivity contribution is -0.119. The van der Waals surface area contributed by atoms with Crippen LogP contribution < -0.4 is 10.7 Å². The molecule has 1 heterocycles. The average Bonchev–Trinajstić information content (AvgIpc) is 2.56. The Bertz CT molecular complexity index is 872. The molecule has 3 rings (SSSR count). The van der Waals surface area contributed by atoms with Gasteiger partial charge in [0, 0.05) is 11.1 Å². The average molecular weight is 293 g/mol. The topological polar surface area (TPSA) is 64.0 Å². The predicted octanol–water partition coefficient (Wildman–Crippen LogP) is 2.60. The highest BCUT2D eigenvalue weighted by molar-refractivity contribution is 5.94. The molecule has 0 aliphatic rings. The first-order valence-electron chi connectivity index (χ1n) is 6.99. The highest BCUT2D eigenvalue weighted by Gasteiger charge is 2.17. The number of amides is 1. The van der Waals surface area contributed by atoms with Gasteiger partial charge in [0.15, 0.2) is 0 Å². The predicted molar refractivity (Wildman–Crippen MR) is 85.8 cm³/mol. The number of anilines is 1. The van der Waals surface area contributed by atoms with Gasteiger partial charge >= 0.3 is 0 Å². The van der Waals surface area contributed by atoms with E-state index in [0.29, 0.717) is 10.9 Å². The van der Waals surface area contributed by atoms with Crippen LogP contribution in [0.2, 0.25) is 0 Å². The zero-order chi connectivity index (χ0) is 15.5. The van der Waals surface area contributed by atoms with Crippen LogP contribution in [0.5, 0.6) is 0 Å². The number of fused-ring (bicyclic) bond motifs is 1. The van der Waals surface area contributed by atoms with Crippen molar-refractivity contribution in [2.45, 2.75) is 13.0 Å². The Labute approximate surface area is 127 Å². The Balaban J connectivity index is 1.95. The van der Waals surface area contributed by atoms with Crippen LogP contribution in [-0.2, 0) is 4.79 Å². The molecule has 1 amide bonds. The molecule has 5 nitrogen and oxygen atoms in total. The Kier molecular flexibility index (Phi) is 3.70. The molecule has 2 aromatic carbocycles. The van der Waals surface area contributed by atoms with E-state index in [1.807, 2.05) is 36.4 Å². The van der Waals surface area contributed by atoms with E-state index >= 15 is 0 Å². The molecule has 22 heavy (non-hydrogen) atoms. The molecule has 0 saturated carbocycles. The van der Waals surface area contributed by atoms with Crippen LogP contribution in [0.1, 0.15) is 13.0 Å². The summed E-state index contributed by atoms with van der Waals surface area (Å²) >= 11 is 0. The molecule has 0 radical (unpaired) electrons. The summed E-state index contributed by atoms with van der Waals surface area (Å²) in [5.41, 5.74) is 1.22. The largest absolute Gasteiger partial charge is 0.324 e. The van der Waals surface area contributed by atoms with Crippen LogP contribution in [0.4, 0.5) is 5.69 Å². The van der Waals surface area contributed by atoms with Gasteiger partial charge in [0.25, 0.3) is 0 Å². The molecule has 0 saturated heterocycles. The molecular weight excluding hydrogens is 278 g/mol. The molecule has 0 aliphatic carbocycles. The Morgan fingerprint density at radius 2 is 1.77 bits per heavy atom. The molecule has 1 atom stereocenters. The Hall–Kier alpha value is -2.95. The number of benzene rings is 2. The maximum Gasteiger partial charge on any atom is 0.248 e. The van der Waals surface area contributed by atoms with Crippen molar-refractivity contribution in [3.63, 3.8) is 0 Å². The molecule has 0 spiro atoms. The van der Waals surface area contributed by atoms with Crippen LogP contribution >= 0.6 is 0 Å². The number of aromatic nitrogens is 2. The standard InChI is InChI=1S/C17H15N3O2/c1-12(17(22)19-13-7-3-2-4-8-13)20-15-10-6-5-9-14(15)16(21)11-18-20/h2-12H,1H3,(H,19,22)/t12-/m0/s1. The van der Waals surface area contributed by atoms with Gasteiger partial charge < -0.3 is 5.32 Å². The third-order valence-corrected chi connectivity index (χ3v) is 3.50. The van der Waals surface area contributed by atoms with Crippen LogP contribution in [0.25, 0.3) is 10.9 Å². The fourth-order valence-corrected chi connectivity index (χ4v) is 2.32. The number of carbonyl (C=O) groups is 1. The van der Waals surface area contributed by atoms with Crippen molar-refractivity contribution >= 4 is 22.5 Å². The fraction of sp³-hybridized carbons (Fsp3) is 0.118. The Morgan fingerprint density at radius 3 is 2.55 bits per heavy atom. The summed E-state index contributed by atoms with van der Waals surface area (Å²) in [6.45, 7) is 1.75. The van der Waals surface area contributed by atoms with Crippen molar-refractivity contribution in [2.24, 2.45) is 0 Å². The van der Waals surface area contributed by atoms with E-state index in [1.54, 1.807) is 29.8 Å². The van der Waals surface area contributed by atoms with Crippen molar-refractivity contribution in [3.8, 4) is 0 Å². The molecule has 0 aliphatic heterocycles. The van der Waals surface area contributed by atoms with Gasteiger partial charge in [-0.1, -0.05) is 30.3 Å². The minimum atomic E-state index is -0.536. The van der Waals surface area contributed by atoms with Gasteiger partial charge in [0.1, 0.15) is 6.04 Å². The number of carbonyl (C=O) groups excluding carboxylic acids is 1. The highest BCUT2D eigenvalue weighted by Crippen LogP contribution is 2.15. The fourth-order valence-electron chi connectivity index (χ4n) is 2.32. The zero-order valence-corrected chi connectivity index (χ0v) is 12.1. The van der Waals surface area contributed by atoms with Gasteiger partial charge in [-0.2, -0.15) is 5.10 Å². The third-order valence-electron chi connectivity index (χ3n) is 3.50. The number of rotatable bonds is 3. The van der Waals surface area contributed by atoms with E-state index in [2.05, 4.69) is 10.4 Å². The second-order valence-electron chi connectivity index (χ2n) is 5.00. The smallest absolute Gasteiger partial charge is 0.248 e. The SMILES string of the molecule is C[C@@H](C(=O)Nc1ccccc1)n1ncc(=O)c2ccccc21. The lowest BCUT2D eigenvalue weighted by atomic mass is 10.2. The van der Waals surface area contributed by atoms with Gasteiger partial charge in [-0.25, -0.2) is 0 Å². The van der Waals surface area contributed by atoms with Crippen LogP contribution in [-0.4, -0.2) is 15.7 Å². The number of hydrogen-bond acceptors (Lipinski definition) is 3. The molecule has 0 unspecified atom stereocenters. The summed E-state index contributed by atoms with van der Waals surface area (Å²) in [5, 5.41) is 7.51. The molecule has 110 valence electrons. The number of nitrogens with one attached hydrogen (secondary N) is 1. The van der Waals surface area contributed by atoms with Gasteiger partial charge in [-0.05, 0) is 31.2 Å². The number of nitrogens with zero attached hydrogens (tertiary/aromatic N) is 2. The van der Waals surface area contributed by atoms with Crippen LogP contribution in [0.15, 0.2) is 65.6 Å². The van der Waals surface area contributed by atoms with E-state index in [9.17, 15) is 9.59 Å². The summed E-state index contributed by atoms with van der Waals surface area (Å²) in [6.07, 6.45) is 1.24. The van der Waals surface area contributed by atoms with Crippen LogP contribution in [0.3, 0.4) is 0 Å². The zero-order valence-electron chi connectivity index (χ0n) is 12.1. The lowest BCUT2D eigenvalue weighted by Gasteiger charge is -2.16. The Morgan fingerprint density at radius 1 is 1.09 bits per heavy atom. The van der Waals surface area contributed by atoms with Crippen molar-refractivity contribution in [2.75, 3.05) is 5.32 Å². The molecule has 1 N–H and O–H groups in total. The van der Waals surface area contributed by atoms with Crippen LogP contribution in [0, 0.1) is 0 Å². The quantitative estimate of drug-likeness (QED) is 0.807. The molecular formula is C17H15N3O2. The second-order valence-corrected chi connectivity index (χ2v) is 5.00. The van der Waals surface area contributed by atoms with Crippen molar-refractivity contribution < 1.29 is 4.79 Å². The first kappa shape index (κ1) is 14.0. The molecule has 1 aromatic heterocycles. The summed E-state index contributed by atoms with van der Waals surface area (Å²) < 4.78 is 1.56. The highest BCUT2D eigenvalue weighted by atomic mass is 16.2. The normalized spacial score (nSPS) is 12.0. The second kappa shape index (κ2) is 5.81. The third kappa shape index (κ3) is 2.61. The minimum absolute atomic E-state index is 0.150. The van der Waals surface area contributed by atoms with E-state index in [4.69, 9.17) is 0 Å². The summed E-state index contributed by atoms with van der Waals surface area (Å²) in [6, 6.07) is 15.8. The first-order chi connectivity index (χ1) is 10.7. The maximum atomic E-state index is 12.4. The monoisotopic (exact) mass is 293 g/mol.